The molecule has 0 amide bonds. The van der Waals surface area contributed by atoms with Crippen LogP contribution in [0.2, 0.25) is 0 Å². The minimum Gasteiger partial charge on any atom is -0.633 e. The Bertz CT molecular complexity index is 402. The second-order valence-corrected chi connectivity index (χ2v) is 12.7. The number of unbranched alkanes of at least 4 members (excludes halogenated alkanes) is 24. The molecule has 0 aliphatic heterocycles. The molecule has 0 aromatic carbocycles. The molecule has 36 heavy (non-hydrogen) atoms. The number of quaternary nitrogens is 1. The van der Waals surface area contributed by atoms with Crippen molar-refractivity contribution in [3.05, 3.63) is 5.21 Å². The van der Waals surface area contributed by atoms with Gasteiger partial charge in [0.25, 0.3) is 0 Å². The van der Waals surface area contributed by atoms with Crippen LogP contribution in [0, 0.1) is 11.1 Å². The largest absolute Gasteiger partial charge is 0.633 e. The lowest BCUT2D eigenvalue weighted by Crippen LogP contribution is -2.37. The SMILES string of the molecule is CCCCCCCCCCCCCCCCC(CCCCCCCCCCCCCC)C[N+](C)(C)[O-]. The van der Waals surface area contributed by atoms with E-state index < -0.39 is 0 Å². The molecule has 0 aliphatic rings. The van der Waals surface area contributed by atoms with Crippen molar-refractivity contribution in [1.29, 1.82) is 0 Å². The van der Waals surface area contributed by atoms with Crippen molar-refractivity contribution in [2.45, 2.75) is 194 Å². The summed E-state index contributed by atoms with van der Waals surface area (Å²) in [6, 6.07) is 0. The maximum absolute atomic E-state index is 12.3. The zero-order valence-electron chi connectivity index (χ0n) is 25.9. The monoisotopic (exact) mass is 510 g/mol. The van der Waals surface area contributed by atoms with E-state index in [0.29, 0.717) is 5.92 Å². The van der Waals surface area contributed by atoms with Crippen LogP contribution in [-0.4, -0.2) is 25.3 Å². The Balaban J connectivity index is 3.62. The molecule has 0 fully saturated rings. The van der Waals surface area contributed by atoms with Crippen LogP contribution in [-0.2, 0) is 0 Å². The van der Waals surface area contributed by atoms with Gasteiger partial charge in [0, 0.05) is 5.92 Å². The molecule has 0 N–H and O–H groups in total. The first-order valence-electron chi connectivity index (χ1n) is 17.0. The molecule has 0 rings (SSSR count). The van der Waals surface area contributed by atoms with Gasteiger partial charge in [-0.2, -0.15) is 0 Å². The third-order valence-corrected chi connectivity index (χ3v) is 8.13. The highest BCUT2D eigenvalue weighted by atomic mass is 16.5. The summed E-state index contributed by atoms with van der Waals surface area (Å²) in [6.45, 7) is 5.41. The fourth-order valence-electron chi connectivity index (χ4n) is 5.85. The highest BCUT2D eigenvalue weighted by Crippen LogP contribution is 2.22. The van der Waals surface area contributed by atoms with Gasteiger partial charge in [-0.1, -0.05) is 181 Å². The lowest BCUT2D eigenvalue weighted by molar-refractivity contribution is -0.843. The molecule has 2 nitrogen and oxygen atoms in total. The highest BCUT2D eigenvalue weighted by molar-refractivity contribution is 4.61. The third kappa shape index (κ3) is 30.1. The summed E-state index contributed by atoms with van der Waals surface area (Å²) in [6.07, 6.45) is 39.4. The Morgan fingerprint density at radius 1 is 0.389 bits per heavy atom. The second kappa shape index (κ2) is 27.9. The molecule has 0 aromatic heterocycles. The summed E-state index contributed by atoms with van der Waals surface area (Å²) in [4.78, 5) is 0. The molecule has 0 spiro atoms. The van der Waals surface area contributed by atoms with Crippen LogP contribution in [0.3, 0.4) is 0 Å². The molecule has 0 saturated carbocycles. The predicted molar refractivity (Wildman–Crippen MR) is 164 cm³/mol. The number of rotatable bonds is 30. The van der Waals surface area contributed by atoms with Gasteiger partial charge in [0.15, 0.2) is 0 Å². The van der Waals surface area contributed by atoms with Crippen molar-refractivity contribution in [2.24, 2.45) is 5.92 Å². The van der Waals surface area contributed by atoms with E-state index >= 15 is 0 Å². The quantitative estimate of drug-likeness (QED) is 0.0536. The maximum Gasteiger partial charge on any atom is 0.0808 e. The first kappa shape index (κ1) is 35.9. The van der Waals surface area contributed by atoms with Crippen LogP contribution in [0.4, 0.5) is 0 Å². The Labute approximate surface area is 230 Å². The molecule has 0 bridgehead atoms. The van der Waals surface area contributed by atoms with Crippen molar-refractivity contribution in [3.63, 3.8) is 0 Å². The number of hydrogen-bond donors (Lipinski definition) is 0. The third-order valence-electron chi connectivity index (χ3n) is 8.13. The van der Waals surface area contributed by atoms with Gasteiger partial charge in [0.2, 0.25) is 0 Å². The summed E-state index contributed by atoms with van der Waals surface area (Å²) >= 11 is 0. The van der Waals surface area contributed by atoms with Gasteiger partial charge in [-0.3, -0.25) is 0 Å². The van der Waals surface area contributed by atoms with E-state index in [0.717, 1.165) is 6.54 Å². The van der Waals surface area contributed by atoms with E-state index in [-0.39, 0.29) is 4.65 Å². The van der Waals surface area contributed by atoms with Gasteiger partial charge in [-0.05, 0) is 12.8 Å². The average molecular weight is 510 g/mol. The van der Waals surface area contributed by atoms with E-state index in [9.17, 15) is 5.21 Å². The summed E-state index contributed by atoms with van der Waals surface area (Å²) in [5.74, 6) is 0.637. The second-order valence-electron chi connectivity index (χ2n) is 12.7. The van der Waals surface area contributed by atoms with Gasteiger partial charge in [-0.25, -0.2) is 0 Å². The van der Waals surface area contributed by atoms with Gasteiger partial charge in [-0.15, -0.1) is 0 Å². The predicted octanol–water partition coefficient (Wildman–Crippen LogP) is 12.1. The maximum atomic E-state index is 12.3. The molecule has 0 aliphatic carbocycles. The fourth-order valence-corrected chi connectivity index (χ4v) is 5.85. The average Bonchev–Trinajstić information content (AvgIpc) is 2.83. The molecule has 0 radical (unpaired) electrons. The van der Waals surface area contributed by atoms with E-state index in [1.54, 1.807) is 0 Å². The molecule has 2 heteroatoms. The van der Waals surface area contributed by atoms with Gasteiger partial charge < -0.3 is 9.85 Å². The van der Waals surface area contributed by atoms with E-state index in [2.05, 4.69) is 13.8 Å². The first-order valence-corrected chi connectivity index (χ1v) is 17.0. The van der Waals surface area contributed by atoms with E-state index in [4.69, 9.17) is 0 Å². The Morgan fingerprint density at radius 3 is 0.833 bits per heavy atom. The summed E-state index contributed by atoms with van der Waals surface area (Å²) in [5.41, 5.74) is 0. The minimum absolute atomic E-state index is 0.110. The Hall–Kier alpha value is -0.0800. The topological polar surface area (TPSA) is 23.1 Å². The fraction of sp³-hybridized carbons (Fsp3) is 1.00. The standard InChI is InChI=1S/C34H71NO/c1-5-7-9-11-13-15-17-19-20-22-24-26-28-30-32-34(33-35(3,4)36)31-29-27-25-23-21-18-16-14-12-10-8-6-2/h34H,5-33H2,1-4H3. The molecular weight excluding hydrogens is 438 g/mol. The number of hydroxylamine groups is 3. The lowest BCUT2D eigenvalue weighted by Gasteiger charge is -2.37. The summed E-state index contributed by atoms with van der Waals surface area (Å²) < 4.78 is -0.110. The van der Waals surface area contributed by atoms with Crippen LogP contribution in [0.15, 0.2) is 0 Å². The van der Waals surface area contributed by atoms with Crippen LogP contribution >= 0.6 is 0 Å². The summed E-state index contributed by atoms with van der Waals surface area (Å²) in [5, 5.41) is 12.3. The normalized spacial score (nSPS) is 12.9. The molecule has 0 saturated heterocycles. The Morgan fingerprint density at radius 2 is 0.611 bits per heavy atom. The molecule has 218 valence electrons. The smallest absolute Gasteiger partial charge is 0.0808 e. The van der Waals surface area contributed by atoms with Crippen molar-refractivity contribution >= 4 is 0 Å². The zero-order valence-corrected chi connectivity index (χ0v) is 25.9. The van der Waals surface area contributed by atoms with E-state index in [1.807, 2.05) is 14.1 Å². The van der Waals surface area contributed by atoms with Crippen LogP contribution < -0.4 is 0 Å². The lowest BCUT2D eigenvalue weighted by atomic mass is 9.93. The molecule has 1 unspecified atom stereocenters. The van der Waals surface area contributed by atoms with Crippen LogP contribution in [0.5, 0.6) is 0 Å². The van der Waals surface area contributed by atoms with Crippen molar-refractivity contribution in [2.75, 3.05) is 20.6 Å². The highest BCUT2D eigenvalue weighted by Gasteiger charge is 2.15. The molecule has 1 atom stereocenters. The minimum atomic E-state index is -0.110. The molecule has 0 heterocycles. The Kier molecular flexibility index (Phi) is 27.9. The van der Waals surface area contributed by atoms with Gasteiger partial charge in [0.1, 0.15) is 0 Å². The summed E-state index contributed by atoms with van der Waals surface area (Å²) in [7, 11) is 3.67. The van der Waals surface area contributed by atoms with Gasteiger partial charge >= 0.3 is 0 Å². The number of hydrogen-bond acceptors (Lipinski definition) is 1. The van der Waals surface area contributed by atoms with Crippen molar-refractivity contribution in [3.8, 4) is 0 Å². The zero-order chi connectivity index (χ0) is 26.6. The van der Waals surface area contributed by atoms with E-state index in [1.165, 1.54) is 180 Å². The molecule has 0 aromatic rings. The number of nitrogens with zero attached hydrogens (tertiary/aromatic N) is 1. The molecular formula is C34H71NO. The van der Waals surface area contributed by atoms with Crippen LogP contribution in [0.25, 0.3) is 0 Å². The van der Waals surface area contributed by atoms with Crippen molar-refractivity contribution < 1.29 is 4.65 Å². The van der Waals surface area contributed by atoms with Gasteiger partial charge in [0.05, 0.1) is 20.6 Å². The van der Waals surface area contributed by atoms with Crippen molar-refractivity contribution in [1.82, 2.24) is 0 Å². The van der Waals surface area contributed by atoms with Crippen LogP contribution in [0.1, 0.15) is 194 Å². The first-order chi connectivity index (χ1) is 17.5.